The van der Waals surface area contributed by atoms with Crippen molar-refractivity contribution in [1.82, 2.24) is 9.55 Å². The van der Waals surface area contributed by atoms with E-state index in [1.54, 1.807) is 12.1 Å². The summed E-state index contributed by atoms with van der Waals surface area (Å²) >= 11 is 7.74. The number of hydrogen-bond donors (Lipinski definition) is 0. The summed E-state index contributed by atoms with van der Waals surface area (Å²) in [7, 11) is 0. The maximum absolute atomic E-state index is 13.4. The lowest BCUT2D eigenvalue weighted by Gasteiger charge is -2.10. The maximum Gasteiger partial charge on any atom is 0.336 e. The predicted octanol–water partition coefficient (Wildman–Crippen LogP) is 5.55. The first-order valence-corrected chi connectivity index (χ1v) is 10.9. The molecule has 0 aliphatic rings. The summed E-state index contributed by atoms with van der Waals surface area (Å²) in [5.41, 5.74) is 4.29. The van der Waals surface area contributed by atoms with E-state index in [-0.39, 0.29) is 12.1 Å². The van der Waals surface area contributed by atoms with Gasteiger partial charge in [-0.05, 0) is 42.7 Å². The first kappa shape index (κ1) is 19.7. The minimum atomic E-state index is -0.470. The van der Waals surface area contributed by atoms with Crippen LogP contribution >= 0.6 is 22.9 Å². The highest BCUT2D eigenvalue weighted by molar-refractivity contribution is 7.17. The van der Waals surface area contributed by atoms with E-state index in [0.29, 0.717) is 31.8 Å². The number of thiophene rings is 1. The topological polar surface area (TPSA) is 65.1 Å². The monoisotopic (exact) mass is 448 g/mol. The fourth-order valence-corrected chi connectivity index (χ4v) is 4.76. The Hall–Kier alpha value is -3.22. The van der Waals surface area contributed by atoms with Crippen LogP contribution in [0.3, 0.4) is 0 Å². The number of fused-ring (bicyclic) bond motifs is 2. The van der Waals surface area contributed by atoms with Crippen molar-refractivity contribution in [2.24, 2.45) is 0 Å². The molecule has 0 saturated carbocycles. The van der Waals surface area contributed by atoms with Gasteiger partial charge in [-0.3, -0.25) is 9.36 Å². The zero-order valence-corrected chi connectivity index (χ0v) is 18.4. The van der Waals surface area contributed by atoms with E-state index in [1.165, 1.54) is 28.3 Å². The second-order valence-electron chi connectivity index (χ2n) is 7.56. The first-order valence-electron chi connectivity index (χ1n) is 9.67. The average Bonchev–Trinajstić information content (AvgIpc) is 3.17. The smallest absolute Gasteiger partial charge is 0.336 e. The van der Waals surface area contributed by atoms with Crippen molar-refractivity contribution in [3.8, 4) is 11.1 Å². The van der Waals surface area contributed by atoms with E-state index in [2.05, 4.69) is 4.98 Å². The van der Waals surface area contributed by atoms with Crippen molar-refractivity contribution in [1.29, 1.82) is 0 Å². The van der Waals surface area contributed by atoms with Gasteiger partial charge in [0.1, 0.15) is 10.4 Å². The summed E-state index contributed by atoms with van der Waals surface area (Å²) in [6, 6.07) is 13.0. The van der Waals surface area contributed by atoms with Crippen LogP contribution in [0.5, 0.6) is 0 Å². The molecular formula is C24H17ClN2O3S. The SMILES string of the molecule is Cc1ccc(-c2csc3ncn(Cc4cc(=O)oc5cc(C)c(Cl)cc45)c(=O)c23)cc1. The molecule has 31 heavy (non-hydrogen) atoms. The minimum absolute atomic E-state index is 0.151. The zero-order valence-electron chi connectivity index (χ0n) is 16.8. The molecule has 3 heterocycles. The highest BCUT2D eigenvalue weighted by Crippen LogP contribution is 2.31. The zero-order chi connectivity index (χ0) is 21.7. The van der Waals surface area contributed by atoms with Crippen LogP contribution in [0.15, 0.2) is 68.2 Å². The molecule has 0 saturated heterocycles. The van der Waals surface area contributed by atoms with E-state index in [1.807, 2.05) is 43.5 Å². The number of aryl methyl sites for hydroxylation is 2. The van der Waals surface area contributed by atoms with Crippen molar-refractivity contribution in [2.45, 2.75) is 20.4 Å². The van der Waals surface area contributed by atoms with Gasteiger partial charge in [-0.2, -0.15) is 0 Å². The molecule has 0 bridgehead atoms. The fourth-order valence-electron chi connectivity index (χ4n) is 3.69. The van der Waals surface area contributed by atoms with Gasteiger partial charge in [-0.1, -0.05) is 41.4 Å². The summed E-state index contributed by atoms with van der Waals surface area (Å²) < 4.78 is 6.86. The Balaban J connectivity index is 1.67. The molecule has 0 aliphatic carbocycles. The van der Waals surface area contributed by atoms with Gasteiger partial charge >= 0.3 is 5.63 Å². The van der Waals surface area contributed by atoms with Crippen molar-refractivity contribution >= 4 is 44.1 Å². The third-order valence-electron chi connectivity index (χ3n) is 5.37. The number of rotatable bonds is 3. The van der Waals surface area contributed by atoms with Crippen LogP contribution in [0.4, 0.5) is 0 Å². The third-order valence-corrected chi connectivity index (χ3v) is 6.67. The van der Waals surface area contributed by atoms with Crippen LogP contribution in [-0.4, -0.2) is 9.55 Å². The summed E-state index contributed by atoms with van der Waals surface area (Å²) in [6.07, 6.45) is 1.52. The van der Waals surface area contributed by atoms with Crippen molar-refractivity contribution in [3.05, 3.63) is 96.7 Å². The van der Waals surface area contributed by atoms with E-state index in [4.69, 9.17) is 16.0 Å². The molecule has 5 nitrogen and oxygen atoms in total. The molecule has 0 radical (unpaired) electrons. The third kappa shape index (κ3) is 3.48. The van der Waals surface area contributed by atoms with Crippen LogP contribution in [0.2, 0.25) is 5.02 Å². The Bertz CT molecular complexity index is 1580. The van der Waals surface area contributed by atoms with E-state index < -0.39 is 5.63 Å². The lowest BCUT2D eigenvalue weighted by atomic mass is 10.0. The molecule has 0 atom stereocenters. The summed E-state index contributed by atoms with van der Waals surface area (Å²) in [6.45, 7) is 4.06. The van der Waals surface area contributed by atoms with Crippen molar-refractivity contribution in [2.75, 3.05) is 0 Å². The van der Waals surface area contributed by atoms with Crippen LogP contribution in [-0.2, 0) is 6.54 Å². The van der Waals surface area contributed by atoms with Crippen molar-refractivity contribution in [3.63, 3.8) is 0 Å². The van der Waals surface area contributed by atoms with Gasteiger partial charge in [0, 0.05) is 27.4 Å². The Morgan fingerprint density at radius 3 is 2.65 bits per heavy atom. The second-order valence-corrected chi connectivity index (χ2v) is 8.83. The Labute approximate surface area is 186 Å². The maximum atomic E-state index is 13.4. The van der Waals surface area contributed by atoms with Crippen LogP contribution in [0.1, 0.15) is 16.7 Å². The van der Waals surface area contributed by atoms with Gasteiger partial charge in [-0.15, -0.1) is 11.3 Å². The van der Waals surface area contributed by atoms with E-state index >= 15 is 0 Å². The second kappa shape index (κ2) is 7.48. The molecule has 0 amide bonds. The Kier molecular flexibility index (Phi) is 4.76. The molecule has 0 fully saturated rings. The van der Waals surface area contributed by atoms with Gasteiger partial charge in [-0.25, -0.2) is 9.78 Å². The lowest BCUT2D eigenvalue weighted by molar-refractivity contribution is 0.557. The molecular weight excluding hydrogens is 432 g/mol. The van der Waals surface area contributed by atoms with E-state index in [0.717, 1.165) is 22.3 Å². The quantitative estimate of drug-likeness (QED) is 0.339. The molecule has 154 valence electrons. The average molecular weight is 449 g/mol. The van der Waals surface area contributed by atoms with Crippen LogP contribution < -0.4 is 11.2 Å². The summed E-state index contributed by atoms with van der Waals surface area (Å²) in [4.78, 5) is 30.7. The highest BCUT2D eigenvalue weighted by Gasteiger charge is 2.15. The van der Waals surface area contributed by atoms with Gasteiger partial charge in [0.05, 0.1) is 18.3 Å². The number of benzene rings is 2. The first-order chi connectivity index (χ1) is 14.9. The molecule has 0 N–H and O–H groups in total. The van der Waals surface area contributed by atoms with Crippen molar-refractivity contribution < 1.29 is 4.42 Å². The van der Waals surface area contributed by atoms with Gasteiger partial charge in [0.15, 0.2) is 0 Å². The molecule has 5 rings (SSSR count). The number of aromatic nitrogens is 2. The van der Waals surface area contributed by atoms with Gasteiger partial charge in [0.2, 0.25) is 0 Å². The molecule has 7 heteroatoms. The van der Waals surface area contributed by atoms with Gasteiger partial charge in [0.25, 0.3) is 5.56 Å². The normalized spacial score (nSPS) is 11.5. The minimum Gasteiger partial charge on any atom is -0.423 e. The summed E-state index contributed by atoms with van der Waals surface area (Å²) in [5, 5.41) is 3.81. The molecule has 2 aromatic carbocycles. The molecule has 5 aromatic rings. The number of halogens is 1. The Morgan fingerprint density at radius 2 is 1.87 bits per heavy atom. The molecule has 0 aliphatic heterocycles. The molecule has 0 spiro atoms. The number of nitrogens with zero attached hydrogens (tertiary/aromatic N) is 2. The summed E-state index contributed by atoms with van der Waals surface area (Å²) in [5.74, 6) is 0. The highest BCUT2D eigenvalue weighted by atomic mass is 35.5. The largest absolute Gasteiger partial charge is 0.423 e. The Morgan fingerprint density at radius 1 is 1.10 bits per heavy atom. The molecule has 3 aromatic heterocycles. The predicted molar refractivity (Wildman–Crippen MR) is 125 cm³/mol. The fraction of sp³-hybridized carbons (Fsp3) is 0.125. The number of hydrogen-bond acceptors (Lipinski definition) is 5. The van der Waals surface area contributed by atoms with Crippen LogP contribution in [0.25, 0.3) is 32.3 Å². The standard InChI is InChI=1S/C24H17ClN2O3S/c1-13-3-5-15(6-4-13)18-11-31-23-22(18)24(29)27(12-26-23)10-16-8-21(28)30-20-7-14(2)19(25)9-17(16)20/h3-9,11-12H,10H2,1-2H3. The van der Waals surface area contributed by atoms with Crippen LogP contribution in [0, 0.1) is 13.8 Å². The lowest BCUT2D eigenvalue weighted by Crippen LogP contribution is -2.21. The van der Waals surface area contributed by atoms with E-state index in [9.17, 15) is 9.59 Å². The molecule has 0 unspecified atom stereocenters. The van der Waals surface area contributed by atoms with Gasteiger partial charge < -0.3 is 4.42 Å².